The fourth-order valence-corrected chi connectivity index (χ4v) is 1.78. The van der Waals surface area contributed by atoms with Crippen molar-refractivity contribution in [2.75, 3.05) is 0 Å². The standard InChI is InChI=1S/C11H12ClN3O2/c1-2-6-3-7(12)4-8(10(6)16)11-14-9(5-13)17-15-11/h3-4,16H,2,5,13H2,1H3. The van der Waals surface area contributed by atoms with Crippen LogP contribution in [0, 0.1) is 0 Å². The molecule has 0 saturated carbocycles. The molecule has 1 aromatic heterocycles. The van der Waals surface area contributed by atoms with Crippen molar-refractivity contribution in [3.05, 3.63) is 28.6 Å². The molecule has 17 heavy (non-hydrogen) atoms. The molecule has 1 heterocycles. The highest BCUT2D eigenvalue weighted by Crippen LogP contribution is 2.33. The van der Waals surface area contributed by atoms with Gasteiger partial charge >= 0.3 is 0 Å². The van der Waals surface area contributed by atoms with E-state index in [1.54, 1.807) is 12.1 Å². The molecule has 0 amide bonds. The number of rotatable bonds is 3. The number of benzene rings is 1. The molecule has 0 aliphatic carbocycles. The normalized spacial score (nSPS) is 10.8. The summed E-state index contributed by atoms with van der Waals surface area (Å²) in [5, 5.41) is 14.3. The van der Waals surface area contributed by atoms with E-state index in [0.717, 1.165) is 5.56 Å². The zero-order chi connectivity index (χ0) is 12.4. The Morgan fingerprint density at radius 2 is 2.24 bits per heavy atom. The lowest BCUT2D eigenvalue weighted by molar-refractivity contribution is 0.380. The Morgan fingerprint density at radius 1 is 1.47 bits per heavy atom. The average molecular weight is 254 g/mol. The second-order valence-corrected chi connectivity index (χ2v) is 3.97. The summed E-state index contributed by atoms with van der Waals surface area (Å²) in [7, 11) is 0. The molecule has 6 heteroatoms. The molecule has 0 fully saturated rings. The van der Waals surface area contributed by atoms with Gasteiger partial charge in [-0.1, -0.05) is 23.7 Å². The van der Waals surface area contributed by atoms with Crippen LogP contribution in [0.5, 0.6) is 5.75 Å². The Morgan fingerprint density at radius 3 is 2.82 bits per heavy atom. The first-order chi connectivity index (χ1) is 8.15. The maximum atomic E-state index is 10.0. The highest BCUT2D eigenvalue weighted by molar-refractivity contribution is 6.31. The minimum Gasteiger partial charge on any atom is -0.507 e. The number of nitrogens with two attached hydrogens (primary N) is 1. The Hall–Kier alpha value is -1.59. The van der Waals surface area contributed by atoms with E-state index in [4.69, 9.17) is 21.9 Å². The van der Waals surface area contributed by atoms with Crippen LogP contribution in [0.1, 0.15) is 18.4 Å². The minimum atomic E-state index is 0.126. The third kappa shape index (κ3) is 2.25. The molecule has 0 saturated heterocycles. The van der Waals surface area contributed by atoms with E-state index in [1.807, 2.05) is 6.92 Å². The van der Waals surface area contributed by atoms with Crippen LogP contribution in [-0.2, 0) is 13.0 Å². The fourth-order valence-electron chi connectivity index (χ4n) is 1.54. The van der Waals surface area contributed by atoms with Crippen molar-refractivity contribution in [1.29, 1.82) is 0 Å². The lowest BCUT2D eigenvalue weighted by Crippen LogP contribution is -1.96. The number of aryl methyl sites for hydroxylation is 1. The van der Waals surface area contributed by atoms with E-state index in [2.05, 4.69) is 10.1 Å². The number of nitrogens with zero attached hydrogens (tertiary/aromatic N) is 2. The molecule has 90 valence electrons. The van der Waals surface area contributed by atoms with Gasteiger partial charge in [-0.2, -0.15) is 4.98 Å². The topological polar surface area (TPSA) is 85.2 Å². The molecule has 0 unspecified atom stereocenters. The number of hydrogen-bond donors (Lipinski definition) is 2. The maximum Gasteiger partial charge on any atom is 0.240 e. The molecule has 3 N–H and O–H groups in total. The summed E-state index contributed by atoms with van der Waals surface area (Å²) in [6.45, 7) is 2.09. The molecule has 0 aliphatic heterocycles. The summed E-state index contributed by atoms with van der Waals surface area (Å²) in [5.41, 5.74) is 6.58. The van der Waals surface area contributed by atoms with E-state index in [1.165, 1.54) is 0 Å². The number of halogens is 1. The second kappa shape index (κ2) is 4.73. The lowest BCUT2D eigenvalue weighted by Gasteiger charge is -2.06. The third-order valence-electron chi connectivity index (χ3n) is 2.42. The van der Waals surface area contributed by atoms with E-state index in [0.29, 0.717) is 28.7 Å². The molecule has 0 bridgehead atoms. The summed E-state index contributed by atoms with van der Waals surface area (Å²) in [4.78, 5) is 4.05. The van der Waals surface area contributed by atoms with Gasteiger partial charge < -0.3 is 15.4 Å². The summed E-state index contributed by atoms with van der Waals surface area (Å²) in [5.74, 6) is 0.735. The van der Waals surface area contributed by atoms with E-state index in [9.17, 15) is 5.11 Å². The highest BCUT2D eigenvalue weighted by atomic mass is 35.5. The highest BCUT2D eigenvalue weighted by Gasteiger charge is 2.15. The van der Waals surface area contributed by atoms with Crippen molar-refractivity contribution in [3.8, 4) is 17.1 Å². The van der Waals surface area contributed by atoms with Gasteiger partial charge in [-0.25, -0.2) is 0 Å². The van der Waals surface area contributed by atoms with Gasteiger partial charge in [0.15, 0.2) is 0 Å². The predicted molar refractivity (Wildman–Crippen MR) is 63.7 cm³/mol. The lowest BCUT2D eigenvalue weighted by atomic mass is 10.1. The molecule has 2 aromatic rings. The van der Waals surface area contributed by atoms with Crippen LogP contribution in [0.25, 0.3) is 11.4 Å². The summed E-state index contributed by atoms with van der Waals surface area (Å²) in [6, 6.07) is 3.31. The number of phenolic OH excluding ortho intramolecular Hbond substituents is 1. The molecule has 5 nitrogen and oxygen atoms in total. The van der Waals surface area contributed by atoms with Gasteiger partial charge in [0.25, 0.3) is 0 Å². The van der Waals surface area contributed by atoms with Crippen LogP contribution in [0.2, 0.25) is 5.02 Å². The number of aromatic nitrogens is 2. The van der Waals surface area contributed by atoms with Gasteiger partial charge in [0, 0.05) is 5.02 Å². The van der Waals surface area contributed by atoms with Crippen molar-refractivity contribution in [2.24, 2.45) is 5.73 Å². The Balaban J connectivity index is 2.54. The fraction of sp³-hybridized carbons (Fsp3) is 0.273. The van der Waals surface area contributed by atoms with Gasteiger partial charge in [-0.05, 0) is 24.1 Å². The smallest absolute Gasteiger partial charge is 0.240 e. The zero-order valence-corrected chi connectivity index (χ0v) is 10.0. The Labute approximate surface area is 103 Å². The molecular formula is C11H12ClN3O2. The van der Waals surface area contributed by atoms with Crippen LogP contribution in [0.3, 0.4) is 0 Å². The summed E-state index contributed by atoms with van der Waals surface area (Å²) in [6.07, 6.45) is 0.668. The molecular weight excluding hydrogens is 242 g/mol. The largest absolute Gasteiger partial charge is 0.507 e. The van der Waals surface area contributed by atoms with Crippen molar-refractivity contribution >= 4 is 11.6 Å². The van der Waals surface area contributed by atoms with Crippen LogP contribution < -0.4 is 5.73 Å². The molecule has 0 radical (unpaired) electrons. The van der Waals surface area contributed by atoms with Crippen molar-refractivity contribution < 1.29 is 9.63 Å². The van der Waals surface area contributed by atoms with E-state index in [-0.39, 0.29) is 12.3 Å². The van der Waals surface area contributed by atoms with Gasteiger partial charge in [0.05, 0.1) is 12.1 Å². The summed E-state index contributed by atoms with van der Waals surface area (Å²) >= 11 is 5.97. The Bertz CT molecular complexity index is 540. The van der Waals surface area contributed by atoms with Crippen LogP contribution in [0.4, 0.5) is 0 Å². The van der Waals surface area contributed by atoms with Gasteiger partial charge in [-0.3, -0.25) is 0 Å². The first kappa shape index (κ1) is 11.9. The first-order valence-electron chi connectivity index (χ1n) is 5.20. The molecule has 0 atom stereocenters. The quantitative estimate of drug-likeness (QED) is 0.875. The first-order valence-corrected chi connectivity index (χ1v) is 5.58. The number of aromatic hydroxyl groups is 1. The van der Waals surface area contributed by atoms with Gasteiger partial charge in [0.1, 0.15) is 5.75 Å². The second-order valence-electron chi connectivity index (χ2n) is 3.53. The number of hydrogen-bond acceptors (Lipinski definition) is 5. The van der Waals surface area contributed by atoms with Crippen molar-refractivity contribution in [1.82, 2.24) is 10.1 Å². The average Bonchev–Trinajstić information content (AvgIpc) is 2.80. The summed E-state index contributed by atoms with van der Waals surface area (Å²) < 4.78 is 4.90. The van der Waals surface area contributed by atoms with E-state index < -0.39 is 0 Å². The minimum absolute atomic E-state index is 0.126. The van der Waals surface area contributed by atoms with Crippen molar-refractivity contribution in [2.45, 2.75) is 19.9 Å². The van der Waals surface area contributed by atoms with Crippen LogP contribution in [-0.4, -0.2) is 15.2 Å². The maximum absolute atomic E-state index is 10.0. The van der Waals surface area contributed by atoms with Crippen LogP contribution >= 0.6 is 11.6 Å². The number of phenols is 1. The van der Waals surface area contributed by atoms with Gasteiger partial charge in [-0.15, -0.1) is 0 Å². The molecule has 0 spiro atoms. The molecule has 2 rings (SSSR count). The molecule has 1 aromatic carbocycles. The predicted octanol–water partition coefficient (Wildman–Crippen LogP) is 2.12. The van der Waals surface area contributed by atoms with Crippen LogP contribution in [0.15, 0.2) is 16.7 Å². The third-order valence-corrected chi connectivity index (χ3v) is 2.64. The molecule has 0 aliphatic rings. The van der Waals surface area contributed by atoms with E-state index >= 15 is 0 Å². The monoisotopic (exact) mass is 253 g/mol. The van der Waals surface area contributed by atoms with Crippen molar-refractivity contribution in [3.63, 3.8) is 0 Å². The zero-order valence-electron chi connectivity index (χ0n) is 9.27. The SMILES string of the molecule is CCc1cc(Cl)cc(-c2noc(CN)n2)c1O. The Kier molecular flexibility index (Phi) is 3.31. The van der Waals surface area contributed by atoms with Gasteiger partial charge in [0.2, 0.25) is 11.7 Å².